The van der Waals surface area contributed by atoms with Crippen molar-refractivity contribution in [3.63, 3.8) is 0 Å². The van der Waals surface area contributed by atoms with E-state index in [1.54, 1.807) is 6.07 Å². The van der Waals surface area contributed by atoms with Crippen molar-refractivity contribution in [1.82, 2.24) is 5.32 Å². The van der Waals surface area contributed by atoms with Crippen LogP contribution in [0.5, 0.6) is 0 Å². The minimum absolute atomic E-state index is 0.0770. The molecule has 0 atom stereocenters. The third kappa shape index (κ3) is 3.60. The van der Waals surface area contributed by atoms with Gasteiger partial charge in [-0.25, -0.2) is 0 Å². The first kappa shape index (κ1) is 14.6. The van der Waals surface area contributed by atoms with Gasteiger partial charge in [0.2, 0.25) is 0 Å². The van der Waals surface area contributed by atoms with Gasteiger partial charge in [-0.1, -0.05) is 24.0 Å². The fraction of sp³-hybridized carbons (Fsp3) is 0.438. The summed E-state index contributed by atoms with van der Waals surface area (Å²) in [6.07, 6.45) is 2.06. The zero-order valence-corrected chi connectivity index (χ0v) is 11.7. The molecule has 4 heteroatoms. The summed E-state index contributed by atoms with van der Waals surface area (Å²) >= 11 is 0. The highest BCUT2D eigenvalue weighted by molar-refractivity contribution is 5.97. The standard InChI is InChI=1S/C16H20N2O2/c1-2-20-14-10-13(11-14)18-16(19)15-8-4-3-6-12(15)7-5-9-17/h3-4,6,8,13-14H,2,9-11,17H2,1H3,(H,18,19). The van der Waals surface area contributed by atoms with Crippen molar-refractivity contribution in [1.29, 1.82) is 0 Å². The summed E-state index contributed by atoms with van der Waals surface area (Å²) < 4.78 is 5.48. The van der Waals surface area contributed by atoms with E-state index in [0.29, 0.717) is 5.56 Å². The van der Waals surface area contributed by atoms with Gasteiger partial charge in [0.05, 0.1) is 18.2 Å². The van der Waals surface area contributed by atoms with Crippen molar-refractivity contribution >= 4 is 5.91 Å². The number of nitrogens with two attached hydrogens (primary N) is 1. The van der Waals surface area contributed by atoms with Crippen LogP contribution in [-0.2, 0) is 4.74 Å². The zero-order chi connectivity index (χ0) is 14.4. The van der Waals surface area contributed by atoms with Gasteiger partial charge in [-0.15, -0.1) is 0 Å². The predicted molar refractivity (Wildman–Crippen MR) is 78.3 cm³/mol. The lowest BCUT2D eigenvalue weighted by atomic mass is 9.89. The van der Waals surface area contributed by atoms with E-state index in [2.05, 4.69) is 17.2 Å². The van der Waals surface area contributed by atoms with Crippen LogP contribution in [-0.4, -0.2) is 31.2 Å². The molecule has 0 spiro atoms. The number of benzene rings is 1. The smallest absolute Gasteiger partial charge is 0.252 e. The number of amides is 1. The summed E-state index contributed by atoms with van der Waals surface area (Å²) in [5.74, 6) is 5.64. The number of carbonyl (C=O) groups is 1. The van der Waals surface area contributed by atoms with Crippen LogP contribution in [0, 0.1) is 11.8 Å². The molecular formula is C16H20N2O2. The van der Waals surface area contributed by atoms with E-state index >= 15 is 0 Å². The summed E-state index contributed by atoms with van der Waals surface area (Å²) in [6, 6.07) is 7.53. The minimum atomic E-state index is -0.0770. The van der Waals surface area contributed by atoms with E-state index in [4.69, 9.17) is 10.5 Å². The molecule has 1 aromatic carbocycles. The van der Waals surface area contributed by atoms with Gasteiger partial charge in [-0.2, -0.15) is 0 Å². The van der Waals surface area contributed by atoms with Crippen LogP contribution < -0.4 is 11.1 Å². The molecule has 0 saturated heterocycles. The molecule has 1 aliphatic rings. The predicted octanol–water partition coefficient (Wildman–Crippen LogP) is 1.29. The lowest BCUT2D eigenvalue weighted by Crippen LogP contribution is -2.47. The highest BCUT2D eigenvalue weighted by Gasteiger charge is 2.31. The lowest BCUT2D eigenvalue weighted by Gasteiger charge is -2.35. The molecule has 0 unspecified atom stereocenters. The molecule has 4 nitrogen and oxygen atoms in total. The Morgan fingerprint density at radius 3 is 2.90 bits per heavy atom. The van der Waals surface area contributed by atoms with Crippen molar-refractivity contribution in [2.75, 3.05) is 13.2 Å². The normalized spacial score (nSPS) is 20.5. The fourth-order valence-electron chi connectivity index (χ4n) is 2.25. The van der Waals surface area contributed by atoms with E-state index in [9.17, 15) is 4.79 Å². The van der Waals surface area contributed by atoms with Crippen LogP contribution in [0.1, 0.15) is 35.7 Å². The first-order valence-corrected chi connectivity index (χ1v) is 6.95. The Hall–Kier alpha value is -1.83. The number of ether oxygens (including phenoxy) is 1. The molecule has 0 bridgehead atoms. The third-order valence-corrected chi connectivity index (χ3v) is 3.33. The van der Waals surface area contributed by atoms with Gasteiger partial charge in [0.1, 0.15) is 0 Å². The quantitative estimate of drug-likeness (QED) is 0.812. The summed E-state index contributed by atoms with van der Waals surface area (Å²) in [5.41, 5.74) is 6.69. The number of hydrogen-bond donors (Lipinski definition) is 2. The van der Waals surface area contributed by atoms with Crippen LogP contribution in [0.15, 0.2) is 24.3 Å². The van der Waals surface area contributed by atoms with Gasteiger partial charge in [0.15, 0.2) is 0 Å². The van der Waals surface area contributed by atoms with Crippen LogP contribution in [0.4, 0.5) is 0 Å². The Bertz CT molecular complexity index is 525. The lowest BCUT2D eigenvalue weighted by molar-refractivity contribution is -0.00862. The van der Waals surface area contributed by atoms with Crippen molar-refractivity contribution in [3.8, 4) is 11.8 Å². The molecule has 1 aliphatic carbocycles. The summed E-state index contributed by atoms with van der Waals surface area (Å²) in [4.78, 5) is 12.2. The van der Waals surface area contributed by atoms with E-state index in [0.717, 1.165) is 25.0 Å². The Labute approximate surface area is 119 Å². The molecule has 3 N–H and O–H groups in total. The molecule has 1 amide bonds. The van der Waals surface area contributed by atoms with Crippen molar-refractivity contribution in [2.45, 2.75) is 31.9 Å². The Kier molecular flexibility index (Phi) is 5.16. The van der Waals surface area contributed by atoms with Gasteiger partial charge in [-0.05, 0) is 31.9 Å². The van der Waals surface area contributed by atoms with Crippen LogP contribution in [0.2, 0.25) is 0 Å². The highest BCUT2D eigenvalue weighted by atomic mass is 16.5. The molecule has 0 heterocycles. The summed E-state index contributed by atoms with van der Waals surface area (Å²) in [7, 11) is 0. The molecule has 0 aliphatic heterocycles. The largest absolute Gasteiger partial charge is 0.378 e. The van der Waals surface area contributed by atoms with Crippen molar-refractivity contribution in [2.24, 2.45) is 5.73 Å². The maximum atomic E-state index is 12.2. The molecule has 20 heavy (non-hydrogen) atoms. The zero-order valence-electron chi connectivity index (χ0n) is 11.7. The number of nitrogens with one attached hydrogen (secondary N) is 1. The molecule has 1 aromatic rings. The number of rotatable bonds is 4. The topological polar surface area (TPSA) is 64.3 Å². The molecule has 0 aromatic heterocycles. The van der Waals surface area contributed by atoms with Crippen LogP contribution in [0.3, 0.4) is 0 Å². The second kappa shape index (κ2) is 7.09. The van der Waals surface area contributed by atoms with E-state index in [-0.39, 0.29) is 24.6 Å². The first-order chi connectivity index (χ1) is 9.74. The number of hydrogen-bond acceptors (Lipinski definition) is 3. The summed E-state index contributed by atoms with van der Waals surface area (Å²) in [5, 5.41) is 3.02. The second-order valence-electron chi connectivity index (χ2n) is 4.77. The average Bonchev–Trinajstić information content (AvgIpc) is 2.43. The number of carbonyl (C=O) groups excluding carboxylic acids is 1. The SMILES string of the molecule is CCOC1CC(NC(=O)c2ccccc2C#CCN)C1. The van der Waals surface area contributed by atoms with E-state index in [1.165, 1.54) is 0 Å². The third-order valence-electron chi connectivity index (χ3n) is 3.33. The van der Waals surface area contributed by atoms with Gasteiger partial charge in [0.25, 0.3) is 5.91 Å². The van der Waals surface area contributed by atoms with E-state index < -0.39 is 0 Å². The molecule has 0 radical (unpaired) electrons. The molecular weight excluding hydrogens is 252 g/mol. The molecule has 106 valence electrons. The van der Waals surface area contributed by atoms with Gasteiger partial charge in [0, 0.05) is 18.2 Å². The highest BCUT2D eigenvalue weighted by Crippen LogP contribution is 2.23. The monoisotopic (exact) mass is 272 g/mol. The minimum Gasteiger partial charge on any atom is -0.378 e. The van der Waals surface area contributed by atoms with Crippen LogP contribution in [0.25, 0.3) is 0 Å². The first-order valence-electron chi connectivity index (χ1n) is 6.95. The Morgan fingerprint density at radius 1 is 1.45 bits per heavy atom. The Balaban J connectivity index is 1.96. The van der Waals surface area contributed by atoms with Crippen LogP contribution >= 0.6 is 0 Å². The maximum Gasteiger partial charge on any atom is 0.252 e. The Morgan fingerprint density at radius 2 is 2.20 bits per heavy atom. The fourth-order valence-corrected chi connectivity index (χ4v) is 2.25. The van der Waals surface area contributed by atoms with Gasteiger partial charge >= 0.3 is 0 Å². The molecule has 2 rings (SSSR count). The maximum absolute atomic E-state index is 12.2. The van der Waals surface area contributed by atoms with Crippen molar-refractivity contribution in [3.05, 3.63) is 35.4 Å². The van der Waals surface area contributed by atoms with Gasteiger partial charge in [-0.3, -0.25) is 4.79 Å². The van der Waals surface area contributed by atoms with E-state index in [1.807, 2.05) is 25.1 Å². The van der Waals surface area contributed by atoms with Gasteiger partial charge < -0.3 is 15.8 Å². The molecule has 1 fully saturated rings. The van der Waals surface area contributed by atoms with Crippen molar-refractivity contribution < 1.29 is 9.53 Å². The molecule has 1 saturated carbocycles. The summed E-state index contributed by atoms with van der Waals surface area (Å²) in [6.45, 7) is 3.00. The second-order valence-corrected chi connectivity index (χ2v) is 4.77. The average molecular weight is 272 g/mol.